The van der Waals surface area contributed by atoms with E-state index < -0.39 is 0 Å². The Morgan fingerprint density at radius 3 is 2.60 bits per heavy atom. The Bertz CT molecular complexity index is 303. The zero-order valence-corrected chi connectivity index (χ0v) is 9.58. The highest BCUT2D eigenvalue weighted by Crippen LogP contribution is 2.02. The third kappa shape index (κ3) is 4.20. The molecular weight excluding hydrogens is 192 g/mol. The summed E-state index contributed by atoms with van der Waals surface area (Å²) in [5, 5.41) is 11.1. The summed E-state index contributed by atoms with van der Waals surface area (Å²) in [7, 11) is 1.71. The van der Waals surface area contributed by atoms with Crippen molar-refractivity contribution >= 4 is 5.95 Å². The van der Waals surface area contributed by atoms with E-state index in [1.165, 1.54) is 0 Å². The van der Waals surface area contributed by atoms with Gasteiger partial charge in [-0.15, -0.1) is 5.10 Å². The lowest BCUT2D eigenvalue weighted by Crippen LogP contribution is -2.08. The van der Waals surface area contributed by atoms with Gasteiger partial charge in [-0.1, -0.05) is 0 Å². The summed E-state index contributed by atoms with van der Waals surface area (Å²) in [4.78, 5) is 4.27. The van der Waals surface area contributed by atoms with Gasteiger partial charge in [0, 0.05) is 20.3 Å². The number of rotatable bonds is 6. The first-order valence-corrected chi connectivity index (χ1v) is 5.14. The molecule has 0 amide bonds. The molecule has 0 atom stereocenters. The van der Waals surface area contributed by atoms with Crippen LogP contribution in [-0.4, -0.2) is 35.4 Å². The molecule has 0 unspecified atom stereocenters. The van der Waals surface area contributed by atoms with Gasteiger partial charge < -0.3 is 10.1 Å². The molecule has 0 saturated heterocycles. The quantitative estimate of drug-likeness (QED) is 0.718. The number of nitrogens with one attached hydrogen (secondary N) is 1. The van der Waals surface area contributed by atoms with Crippen LogP contribution in [0.4, 0.5) is 5.95 Å². The van der Waals surface area contributed by atoms with Gasteiger partial charge in [-0.25, -0.2) is 4.98 Å². The van der Waals surface area contributed by atoms with E-state index in [0.717, 1.165) is 37.4 Å². The van der Waals surface area contributed by atoms with Crippen molar-refractivity contribution < 1.29 is 4.74 Å². The van der Waals surface area contributed by atoms with Gasteiger partial charge in [0.15, 0.2) is 0 Å². The zero-order valence-electron chi connectivity index (χ0n) is 9.58. The molecule has 84 valence electrons. The third-order valence-corrected chi connectivity index (χ3v) is 2.15. The van der Waals surface area contributed by atoms with Crippen LogP contribution in [0.5, 0.6) is 0 Å². The van der Waals surface area contributed by atoms with E-state index >= 15 is 0 Å². The molecule has 1 aromatic rings. The maximum atomic E-state index is 4.96. The highest BCUT2D eigenvalue weighted by atomic mass is 16.5. The lowest BCUT2D eigenvalue weighted by Gasteiger charge is -2.05. The van der Waals surface area contributed by atoms with Crippen LogP contribution in [0, 0.1) is 13.8 Å². The van der Waals surface area contributed by atoms with Crippen LogP contribution in [-0.2, 0) is 4.74 Å². The molecule has 0 bridgehead atoms. The Hall–Kier alpha value is -1.23. The minimum absolute atomic E-state index is 0.607. The summed E-state index contributed by atoms with van der Waals surface area (Å²) in [5.74, 6) is 0.607. The Morgan fingerprint density at radius 2 is 1.93 bits per heavy atom. The minimum Gasteiger partial charge on any atom is -0.385 e. The van der Waals surface area contributed by atoms with Gasteiger partial charge in [0.2, 0.25) is 5.95 Å². The molecule has 1 N–H and O–H groups in total. The molecule has 5 heteroatoms. The SMILES string of the molecule is COCCCCNc1nnc(C)c(C)n1. The first-order chi connectivity index (χ1) is 7.24. The second-order valence-electron chi connectivity index (χ2n) is 3.43. The number of aryl methyl sites for hydroxylation is 2. The fraction of sp³-hybridized carbons (Fsp3) is 0.700. The van der Waals surface area contributed by atoms with Crippen LogP contribution in [0.1, 0.15) is 24.2 Å². The first-order valence-electron chi connectivity index (χ1n) is 5.14. The highest BCUT2D eigenvalue weighted by molar-refractivity contribution is 5.24. The van der Waals surface area contributed by atoms with Gasteiger partial charge in [0.1, 0.15) is 0 Å². The molecule has 0 spiro atoms. The molecule has 5 nitrogen and oxygen atoms in total. The van der Waals surface area contributed by atoms with Gasteiger partial charge >= 0.3 is 0 Å². The van der Waals surface area contributed by atoms with Crippen LogP contribution in [0.3, 0.4) is 0 Å². The van der Waals surface area contributed by atoms with E-state index in [1.807, 2.05) is 13.8 Å². The molecule has 1 heterocycles. The predicted octanol–water partition coefficient (Wildman–Crippen LogP) is 1.33. The van der Waals surface area contributed by atoms with Crippen LogP contribution in [0.2, 0.25) is 0 Å². The molecule has 0 radical (unpaired) electrons. The molecule has 0 aromatic carbocycles. The minimum atomic E-state index is 0.607. The molecule has 1 aromatic heterocycles. The number of nitrogens with zero attached hydrogens (tertiary/aromatic N) is 3. The van der Waals surface area contributed by atoms with Gasteiger partial charge in [-0.2, -0.15) is 5.10 Å². The van der Waals surface area contributed by atoms with Crippen LogP contribution in [0.25, 0.3) is 0 Å². The van der Waals surface area contributed by atoms with Crippen molar-refractivity contribution in [3.05, 3.63) is 11.4 Å². The van der Waals surface area contributed by atoms with Crippen molar-refractivity contribution in [2.24, 2.45) is 0 Å². The number of anilines is 1. The molecule has 0 saturated carbocycles. The van der Waals surface area contributed by atoms with Gasteiger partial charge in [0.25, 0.3) is 0 Å². The van der Waals surface area contributed by atoms with Crippen molar-refractivity contribution in [3.63, 3.8) is 0 Å². The standard InChI is InChI=1S/C10H18N4O/c1-8-9(2)13-14-10(12-8)11-6-4-5-7-15-3/h4-7H2,1-3H3,(H,11,12,14). The Labute approximate surface area is 90.3 Å². The number of hydrogen-bond donors (Lipinski definition) is 1. The first kappa shape index (κ1) is 11.8. The average molecular weight is 210 g/mol. The van der Waals surface area contributed by atoms with Crippen molar-refractivity contribution in [2.75, 3.05) is 25.6 Å². The number of hydrogen-bond acceptors (Lipinski definition) is 5. The second kappa shape index (κ2) is 6.29. The second-order valence-corrected chi connectivity index (χ2v) is 3.43. The molecule has 15 heavy (non-hydrogen) atoms. The number of aromatic nitrogens is 3. The summed E-state index contributed by atoms with van der Waals surface area (Å²) < 4.78 is 4.96. The summed E-state index contributed by atoms with van der Waals surface area (Å²) in [6.07, 6.45) is 2.09. The summed E-state index contributed by atoms with van der Waals surface area (Å²) in [6, 6.07) is 0. The van der Waals surface area contributed by atoms with Crippen molar-refractivity contribution in [2.45, 2.75) is 26.7 Å². The van der Waals surface area contributed by atoms with Gasteiger partial charge in [0.05, 0.1) is 11.4 Å². The number of ether oxygens (including phenoxy) is 1. The van der Waals surface area contributed by atoms with Crippen LogP contribution in [0.15, 0.2) is 0 Å². The lowest BCUT2D eigenvalue weighted by atomic mass is 10.3. The van der Waals surface area contributed by atoms with Crippen LogP contribution < -0.4 is 5.32 Å². The number of unbranched alkanes of at least 4 members (excludes halogenated alkanes) is 1. The topological polar surface area (TPSA) is 59.9 Å². The van der Waals surface area contributed by atoms with E-state index in [0.29, 0.717) is 5.95 Å². The average Bonchev–Trinajstić information content (AvgIpc) is 2.23. The largest absolute Gasteiger partial charge is 0.385 e. The lowest BCUT2D eigenvalue weighted by molar-refractivity contribution is 0.193. The van der Waals surface area contributed by atoms with Crippen molar-refractivity contribution in [3.8, 4) is 0 Å². The van der Waals surface area contributed by atoms with E-state index in [9.17, 15) is 0 Å². The maximum Gasteiger partial charge on any atom is 0.242 e. The number of methoxy groups -OCH3 is 1. The monoisotopic (exact) mass is 210 g/mol. The third-order valence-electron chi connectivity index (χ3n) is 2.15. The van der Waals surface area contributed by atoms with E-state index in [2.05, 4.69) is 20.5 Å². The highest BCUT2D eigenvalue weighted by Gasteiger charge is 1.99. The maximum absolute atomic E-state index is 4.96. The fourth-order valence-corrected chi connectivity index (χ4v) is 1.10. The van der Waals surface area contributed by atoms with Crippen molar-refractivity contribution in [1.82, 2.24) is 15.2 Å². The van der Waals surface area contributed by atoms with Gasteiger partial charge in [-0.3, -0.25) is 0 Å². The Balaban J connectivity index is 2.28. The summed E-state index contributed by atoms with van der Waals surface area (Å²) in [5.41, 5.74) is 1.80. The smallest absolute Gasteiger partial charge is 0.242 e. The van der Waals surface area contributed by atoms with E-state index in [1.54, 1.807) is 7.11 Å². The van der Waals surface area contributed by atoms with Gasteiger partial charge in [-0.05, 0) is 26.7 Å². The van der Waals surface area contributed by atoms with E-state index in [4.69, 9.17) is 4.74 Å². The predicted molar refractivity (Wildman–Crippen MR) is 58.9 cm³/mol. The molecule has 1 rings (SSSR count). The van der Waals surface area contributed by atoms with Crippen molar-refractivity contribution in [1.29, 1.82) is 0 Å². The van der Waals surface area contributed by atoms with Crippen LogP contribution >= 0.6 is 0 Å². The fourth-order valence-electron chi connectivity index (χ4n) is 1.10. The Morgan fingerprint density at radius 1 is 1.13 bits per heavy atom. The normalized spacial score (nSPS) is 10.3. The summed E-state index contributed by atoms with van der Waals surface area (Å²) in [6.45, 7) is 5.49. The Kier molecular flexibility index (Phi) is 4.97. The molecule has 0 aliphatic heterocycles. The summed E-state index contributed by atoms with van der Waals surface area (Å²) >= 11 is 0. The molecular formula is C10H18N4O. The molecule has 0 aliphatic carbocycles. The molecule has 0 aliphatic rings. The molecule has 0 fully saturated rings. The zero-order chi connectivity index (χ0) is 11.1. The van der Waals surface area contributed by atoms with E-state index in [-0.39, 0.29) is 0 Å².